The lowest BCUT2D eigenvalue weighted by atomic mass is 10.1. The number of alkyl halides is 3. The van der Waals surface area contributed by atoms with Crippen LogP contribution in [0.1, 0.15) is 26.7 Å². The molecule has 11 heteroatoms. The van der Waals surface area contributed by atoms with Crippen molar-refractivity contribution in [2.24, 2.45) is 0 Å². The summed E-state index contributed by atoms with van der Waals surface area (Å²) in [5, 5.41) is 10.00. The number of benzene rings is 2. The van der Waals surface area contributed by atoms with Crippen molar-refractivity contribution in [3.63, 3.8) is 0 Å². The molecule has 0 saturated heterocycles. The van der Waals surface area contributed by atoms with Crippen LogP contribution in [0.15, 0.2) is 35.2 Å². The van der Waals surface area contributed by atoms with Gasteiger partial charge in [-0.25, -0.2) is 14.4 Å². The maximum absolute atomic E-state index is 14.0. The summed E-state index contributed by atoms with van der Waals surface area (Å²) >= 11 is 4.24. The third-order valence-electron chi connectivity index (χ3n) is 4.88. The molecule has 0 aliphatic rings. The number of aryl methyl sites for hydroxylation is 2. The van der Waals surface area contributed by atoms with Crippen LogP contribution in [0.5, 0.6) is 0 Å². The van der Waals surface area contributed by atoms with E-state index >= 15 is 0 Å². The predicted molar refractivity (Wildman–Crippen MR) is 123 cm³/mol. The molecule has 0 atom stereocenters. The van der Waals surface area contributed by atoms with Gasteiger partial charge in [-0.15, -0.1) is 34.4 Å². The summed E-state index contributed by atoms with van der Waals surface area (Å²) in [6, 6.07) is 6.72. The number of hydrogen-bond donors (Lipinski definition) is 1. The van der Waals surface area contributed by atoms with Crippen LogP contribution in [-0.4, -0.2) is 21.0 Å². The summed E-state index contributed by atoms with van der Waals surface area (Å²) in [4.78, 5) is 21.8. The molecule has 1 N–H and O–H groups in total. The number of aliphatic carboxylic acids is 1. The van der Waals surface area contributed by atoms with Gasteiger partial charge in [0.25, 0.3) is 0 Å². The average molecular weight is 513 g/mol. The number of rotatable bonds is 6. The molecule has 0 amide bonds. The molecule has 0 aliphatic heterocycles. The molecule has 0 spiro atoms. The van der Waals surface area contributed by atoms with Crippen LogP contribution in [0, 0.1) is 19.7 Å². The highest BCUT2D eigenvalue weighted by Gasteiger charge is 2.34. The van der Waals surface area contributed by atoms with Crippen LogP contribution in [0.2, 0.25) is 0 Å². The first-order chi connectivity index (χ1) is 15.5. The molecular formula is C22H16F4N2O2S3. The van der Waals surface area contributed by atoms with Crippen molar-refractivity contribution in [3.05, 3.63) is 62.9 Å². The lowest BCUT2D eigenvalue weighted by Gasteiger charge is -2.08. The number of halogens is 4. The van der Waals surface area contributed by atoms with Crippen LogP contribution >= 0.6 is 34.4 Å². The van der Waals surface area contributed by atoms with Gasteiger partial charge >= 0.3 is 12.1 Å². The predicted octanol–water partition coefficient (Wildman–Crippen LogP) is 7.11. The van der Waals surface area contributed by atoms with Gasteiger partial charge in [0.1, 0.15) is 15.8 Å². The Morgan fingerprint density at radius 3 is 2.55 bits per heavy atom. The van der Waals surface area contributed by atoms with Crippen molar-refractivity contribution < 1.29 is 27.5 Å². The Hall–Kier alpha value is -2.50. The van der Waals surface area contributed by atoms with Crippen molar-refractivity contribution in [3.8, 4) is 10.6 Å². The number of aromatic nitrogens is 2. The molecule has 172 valence electrons. The zero-order valence-corrected chi connectivity index (χ0v) is 19.7. The van der Waals surface area contributed by atoms with Gasteiger partial charge in [-0.1, -0.05) is 6.07 Å². The number of hydrogen-bond acceptors (Lipinski definition) is 6. The Labute approximate surface area is 198 Å². The first-order valence-corrected chi connectivity index (χ1v) is 12.2. The molecule has 0 radical (unpaired) electrons. The molecule has 4 rings (SSSR count). The summed E-state index contributed by atoms with van der Waals surface area (Å²) in [5.41, 5.74) is 1.48. The molecule has 0 bridgehead atoms. The molecule has 2 aromatic heterocycles. The highest BCUT2D eigenvalue weighted by molar-refractivity contribution is 7.98. The quantitative estimate of drug-likeness (QED) is 0.220. The van der Waals surface area contributed by atoms with Crippen molar-refractivity contribution in [2.45, 2.75) is 37.1 Å². The fourth-order valence-corrected chi connectivity index (χ4v) is 6.48. The zero-order chi connectivity index (χ0) is 23.9. The Morgan fingerprint density at radius 2 is 1.88 bits per heavy atom. The van der Waals surface area contributed by atoms with E-state index in [1.54, 1.807) is 11.8 Å². The van der Waals surface area contributed by atoms with Crippen LogP contribution in [-0.2, 0) is 23.1 Å². The third-order valence-corrected chi connectivity index (χ3v) is 8.48. The minimum Gasteiger partial charge on any atom is -0.481 e. The van der Waals surface area contributed by atoms with E-state index in [2.05, 4.69) is 9.97 Å². The molecular weight excluding hydrogens is 496 g/mol. The van der Waals surface area contributed by atoms with Gasteiger partial charge in [0.2, 0.25) is 0 Å². The standard InChI is InChI=1S/C22H16F4N2O2S3/c1-10-15(5-6-16-20(10)28-18(32-16)8-19(29)30)31-9-17-11(2)27-21(33-17)12-3-4-13(14(23)7-12)22(24,25)26/h3-7H,8-9H2,1-2H3,(H,29,30). The Balaban J connectivity index is 1.54. The summed E-state index contributed by atoms with van der Waals surface area (Å²) in [6.45, 7) is 3.75. The van der Waals surface area contributed by atoms with E-state index in [4.69, 9.17) is 5.11 Å². The van der Waals surface area contributed by atoms with Crippen molar-refractivity contribution in [2.75, 3.05) is 0 Å². The first-order valence-electron chi connectivity index (χ1n) is 9.60. The maximum Gasteiger partial charge on any atom is 0.419 e. The van der Waals surface area contributed by atoms with E-state index in [-0.39, 0.29) is 6.42 Å². The molecule has 4 nitrogen and oxygen atoms in total. The number of nitrogens with zero attached hydrogens (tertiary/aromatic N) is 2. The SMILES string of the molecule is Cc1nc(-c2ccc(C(F)(F)F)c(F)c2)sc1CSc1ccc2sc(CC(=O)O)nc2c1C. The fourth-order valence-electron chi connectivity index (χ4n) is 3.22. The van der Waals surface area contributed by atoms with Gasteiger partial charge in [-0.3, -0.25) is 4.79 Å². The van der Waals surface area contributed by atoms with Crippen LogP contribution in [0.25, 0.3) is 20.8 Å². The molecule has 0 aliphatic carbocycles. The monoisotopic (exact) mass is 512 g/mol. The normalized spacial score (nSPS) is 11.9. The highest BCUT2D eigenvalue weighted by atomic mass is 32.2. The van der Waals surface area contributed by atoms with Gasteiger partial charge in [-0.2, -0.15) is 13.2 Å². The number of thioether (sulfide) groups is 1. The van der Waals surface area contributed by atoms with Gasteiger partial charge in [-0.05, 0) is 43.7 Å². The fraction of sp³-hybridized carbons (Fsp3) is 0.227. The molecule has 4 aromatic rings. The molecule has 2 heterocycles. The number of fused-ring (bicyclic) bond motifs is 1. The smallest absolute Gasteiger partial charge is 0.419 e. The van der Waals surface area contributed by atoms with Crippen molar-refractivity contribution in [1.29, 1.82) is 0 Å². The third kappa shape index (κ3) is 5.04. The minimum atomic E-state index is -4.74. The Morgan fingerprint density at radius 1 is 1.12 bits per heavy atom. The Kier molecular flexibility index (Phi) is 6.47. The second kappa shape index (κ2) is 9.03. The van der Waals surface area contributed by atoms with Gasteiger partial charge in [0.05, 0.1) is 27.9 Å². The summed E-state index contributed by atoms with van der Waals surface area (Å²) in [5.74, 6) is -1.67. The van der Waals surface area contributed by atoms with Crippen LogP contribution in [0.4, 0.5) is 17.6 Å². The summed E-state index contributed by atoms with van der Waals surface area (Å²) in [7, 11) is 0. The number of carboxylic acids is 1. The largest absolute Gasteiger partial charge is 0.481 e. The van der Waals surface area contributed by atoms with E-state index < -0.39 is 23.5 Å². The lowest BCUT2D eigenvalue weighted by Crippen LogP contribution is -2.07. The van der Waals surface area contributed by atoms with Gasteiger partial charge < -0.3 is 5.11 Å². The number of thiazole rings is 2. The first kappa shape index (κ1) is 23.7. The maximum atomic E-state index is 14.0. The highest BCUT2D eigenvalue weighted by Crippen LogP contribution is 2.38. The van der Waals surface area contributed by atoms with Gasteiger partial charge in [0.15, 0.2) is 0 Å². The molecule has 0 fully saturated rings. The van der Waals surface area contributed by atoms with E-state index in [0.717, 1.165) is 43.4 Å². The summed E-state index contributed by atoms with van der Waals surface area (Å²) < 4.78 is 53.3. The van der Waals surface area contributed by atoms with E-state index in [1.165, 1.54) is 28.7 Å². The number of carbonyl (C=O) groups is 1. The van der Waals surface area contributed by atoms with Crippen LogP contribution in [0.3, 0.4) is 0 Å². The van der Waals surface area contributed by atoms with Crippen molar-refractivity contribution in [1.82, 2.24) is 9.97 Å². The summed E-state index contributed by atoms with van der Waals surface area (Å²) in [6.07, 6.45) is -4.86. The van der Waals surface area contributed by atoms with Gasteiger partial charge in [0, 0.05) is 21.1 Å². The average Bonchev–Trinajstić information content (AvgIpc) is 3.29. The number of carboxylic acid groups (broad SMARTS) is 1. The molecule has 2 aromatic carbocycles. The Bertz CT molecular complexity index is 1360. The van der Waals surface area contributed by atoms with Crippen molar-refractivity contribution >= 4 is 50.6 Å². The zero-order valence-electron chi connectivity index (χ0n) is 17.3. The topological polar surface area (TPSA) is 63.1 Å². The van der Waals surface area contributed by atoms with E-state index in [9.17, 15) is 22.4 Å². The van der Waals surface area contributed by atoms with E-state index in [0.29, 0.717) is 21.3 Å². The minimum absolute atomic E-state index is 0.116. The molecule has 0 saturated carbocycles. The van der Waals surface area contributed by atoms with E-state index in [1.807, 2.05) is 26.0 Å². The molecule has 0 unspecified atom stereocenters. The second-order valence-corrected chi connectivity index (χ2v) is 10.4. The second-order valence-electron chi connectivity index (χ2n) is 7.22. The van der Waals surface area contributed by atoms with Crippen LogP contribution < -0.4 is 0 Å². The molecule has 33 heavy (non-hydrogen) atoms. The lowest BCUT2D eigenvalue weighted by molar-refractivity contribution is -0.140.